The van der Waals surface area contributed by atoms with Gasteiger partial charge in [0.2, 0.25) is 0 Å². The summed E-state index contributed by atoms with van der Waals surface area (Å²) < 4.78 is 62.7. The van der Waals surface area contributed by atoms with Crippen molar-refractivity contribution in [2.24, 2.45) is 0 Å². The van der Waals surface area contributed by atoms with Gasteiger partial charge < -0.3 is 10.6 Å². The smallest absolute Gasteiger partial charge is 0.381 e. The topological polar surface area (TPSA) is 42.2 Å². The molecule has 0 aliphatic rings. The van der Waals surface area contributed by atoms with Crippen LogP contribution in [0.15, 0.2) is 6.07 Å². The molecule has 0 bridgehead atoms. The number of pyridine rings is 1. The van der Waals surface area contributed by atoms with Gasteiger partial charge in [0.05, 0.1) is 0 Å². The van der Waals surface area contributed by atoms with Crippen molar-refractivity contribution in [2.45, 2.75) is 13.1 Å². The third kappa shape index (κ3) is 3.43. The van der Waals surface area contributed by atoms with Crippen LogP contribution in [0.2, 0.25) is 0 Å². The zero-order valence-corrected chi connectivity index (χ0v) is 8.85. The highest BCUT2D eigenvalue weighted by Crippen LogP contribution is 2.24. The van der Waals surface area contributed by atoms with Crippen LogP contribution < -0.4 is 10.6 Å². The lowest BCUT2D eigenvalue weighted by molar-refractivity contribution is -0.119. The van der Waals surface area contributed by atoms with E-state index in [2.05, 4.69) is 4.98 Å². The molecule has 0 spiro atoms. The van der Waals surface area contributed by atoms with E-state index in [9.17, 15) is 22.0 Å². The molecule has 0 aliphatic carbocycles. The summed E-state index contributed by atoms with van der Waals surface area (Å²) in [4.78, 5) is 3.91. The average molecular weight is 255 g/mol. The maximum absolute atomic E-state index is 13.3. The number of alkyl halides is 3. The zero-order chi connectivity index (χ0) is 13.2. The number of hydrogen-bond acceptors (Lipinski definition) is 3. The monoisotopic (exact) mass is 255 g/mol. The van der Waals surface area contributed by atoms with Gasteiger partial charge in [0.1, 0.15) is 6.54 Å². The highest BCUT2D eigenvalue weighted by atomic mass is 19.4. The molecule has 8 heteroatoms. The van der Waals surface area contributed by atoms with Gasteiger partial charge in [0, 0.05) is 12.6 Å². The summed E-state index contributed by atoms with van der Waals surface area (Å²) in [5, 5.41) is 0. The Morgan fingerprint density at radius 3 is 2.35 bits per heavy atom. The van der Waals surface area contributed by atoms with Gasteiger partial charge >= 0.3 is 6.18 Å². The van der Waals surface area contributed by atoms with Gasteiger partial charge in [0.15, 0.2) is 23.3 Å². The molecule has 0 fully saturated rings. The first-order chi connectivity index (χ1) is 7.74. The number of aromatic nitrogens is 1. The molecule has 0 unspecified atom stereocenters. The molecule has 0 aliphatic heterocycles. The van der Waals surface area contributed by atoms with Crippen molar-refractivity contribution in [3.8, 4) is 0 Å². The Kier molecular flexibility index (Phi) is 3.74. The molecule has 1 rings (SSSR count). The summed E-state index contributed by atoms with van der Waals surface area (Å²) in [6, 6.07) is 0.413. The lowest BCUT2D eigenvalue weighted by atomic mass is 10.3. The van der Waals surface area contributed by atoms with Crippen molar-refractivity contribution in [3.63, 3.8) is 0 Å². The van der Waals surface area contributed by atoms with Gasteiger partial charge in [0.25, 0.3) is 0 Å². The van der Waals surface area contributed by atoms with Crippen LogP contribution >= 0.6 is 0 Å². The van der Waals surface area contributed by atoms with Crippen LogP contribution in [-0.2, 0) is 0 Å². The Morgan fingerprint density at radius 2 is 1.88 bits per heavy atom. The second-order valence-corrected chi connectivity index (χ2v) is 3.29. The van der Waals surface area contributed by atoms with Crippen LogP contribution in [0, 0.1) is 11.6 Å². The summed E-state index contributed by atoms with van der Waals surface area (Å²) in [7, 11) is 0. The molecular formula is C9H10F5N3. The lowest BCUT2D eigenvalue weighted by Crippen LogP contribution is -2.35. The zero-order valence-electron chi connectivity index (χ0n) is 8.85. The molecule has 1 heterocycles. The molecule has 0 saturated heterocycles. The first-order valence-electron chi connectivity index (χ1n) is 4.67. The molecule has 0 atom stereocenters. The minimum atomic E-state index is -4.51. The summed E-state index contributed by atoms with van der Waals surface area (Å²) >= 11 is 0. The van der Waals surface area contributed by atoms with Gasteiger partial charge in [-0.05, 0) is 6.92 Å². The fourth-order valence-corrected chi connectivity index (χ4v) is 1.25. The predicted octanol–water partition coefficient (Wildman–Crippen LogP) is 2.33. The molecule has 2 N–H and O–H groups in total. The first-order valence-corrected chi connectivity index (χ1v) is 4.67. The second-order valence-electron chi connectivity index (χ2n) is 3.29. The number of rotatable bonds is 3. The van der Waals surface area contributed by atoms with E-state index in [0.717, 1.165) is 0 Å². The summed E-state index contributed by atoms with van der Waals surface area (Å²) in [6.45, 7) is -0.112. The minimum absolute atomic E-state index is 0.130. The highest BCUT2D eigenvalue weighted by molar-refractivity contribution is 5.47. The predicted molar refractivity (Wildman–Crippen MR) is 52.5 cm³/mol. The lowest BCUT2D eigenvalue weighted by Gasteiger charge is -2.23. The van der Waals surface area contributed by atoms with E-state index in [-0.39, 0.29) is 6.54 Å². The summed E-state index contributed by atoms with van der Waals surface area (Å²) in [5.41, 5.74) is 5.09. The number of nitrogen functional groups attached to an aromatic ring is 1. The normalized spacial score (nSPS) is 11.6. The Bertz CT molecular complexity index is 404. The second kappa shape index (κ2) is 4.72. The number of halogens is 5. The molecule has 0 aromatic carbocycles. The minimum Gasteiger partial charge on any atom is -0.381 e. The number of nitrogens with zero attached hydrogens (tertiary/aromatic N) is 2. The van der Waals surface area contributed by atoms with Crippen molar-refractivity contribution in [2.75, 3.05) is 23.7 Å². The molecule has 0 amide bonds. The van der Waals surface area contributed by atoms with Crippen LogP contribution in [-0.4, -0.2) is 24.2 Å². The van der Waals surface area contributed by atoms with Crippen LogP contribution in [0.5, 0.6) is 0 Å². The Morgan fingerprint density at radius 1 is 1.29 bits per heavy atom. The van der Waals surface area contributed by atoms with Gasteiger partial charge in [-0.25, -0.2) is 13.8 Å². The summed E-state index contributed by atoms with van der Waals surface area (Å²) in [6.07, 6.45) is -4.51. The maximum Gasteiger partial charge on any atom is 0.405 e. The largest absolute Gasteiger partial charge is 0.405 e. The molecule has 3 nitrogen and oxygen atoms in total. The molecule has 96 valence electrons. The van der Waals surface area contributed by atoms with E-state index < -0.39 is 36.0 Å². The van der Waals surface area contributed by atoms with E-state index >= 15 is 0 Å². The van der Waals surface area contributed by atoms with Crippen LogP contribution in [0.1, 0.15) is 6.92 Å². The Labute approximate surface area is 94.0 Å². The van der Waals surface area contributed by atoms with Crippen LogP contribution in [0.4, 0.5) is 33.6 Å². The third-order valence-electron chi connectivity index (χ3n) is 1.99. The fourth-order valence-electron chi connectivity index (χ4n) is 1.25. The number of nitrogens with two attached hydrogens (primary N) is 1. The van der Waals surface area contributed by atoms with E-state index in [1.807, 2.05) is 0 Å². The van der Waals surface area contributed by atoms with Gasteiger partial charge in [-0.1, -0.05) is 0 Å². The Balaban J connectivity index is 3.08. The van der Waals surface area contributed by atoms with Crippen molar-refractivity contribution in [1.29, 1.82) is 0 Å². The van der Waals surface area contributed by atoms with Crippen molar-refractivity contribution in [1.82, 2.24) is 4.98 Å². The standard InChI is InChI=1S/C9H10F5N3/c1-2-17(4-9(12,13)14)8-6(11)3-5(10)7(15)16-8/h3H,2,4H2,1H3,(H2,15,16). The van der Waals surface area contributed by atoms with E-state index in [1.165, 1.54) is 6.92 Å². The SMILES string of the molecule is CCN(CC(F)(F)F)c1nc(N)c(F)cc1F. The average Bonchev–Trinajstić information content (AvgIpc) is 2.19. The van der Waals surface area contributed by atoms with Crippen molar-refractivity contribution in [3.05, 3.63) is 17.7 Å². The van der Waals surface area contributed by atoms with E-state index in [0.29, 0.717) is 11.0 Å². The first kappa shape index (κ1) is 13.5. The molecule has 0 radical (unpaired) electrons. The molecule has 1 aromatic heterocycles. The fraction of sp³-hybridized carbons (Fsp3) is 0.444. The van der Waals surface area contributed by atoms with Gasteiger partial charge in [-0.3, -0.25) is 0 Å². The van der Waals surface area contributed by atoms with Crippen molar-refractivity contribution < 1.29 is 22.0 Å². The van der Waals surface area contributed by atoms with E-state index in [1.54, 1.807) is 0 Å². The van der Waals surface area contributed by atoms with Crippen molar-refractivity contribution >= 4 is 11.6 Å². The highest BCUT2D eigenvalue weighted by Gasteiger charge is 2.32. The molecular weight excluding hydrogens is 245 g/mol. The summed E-state index contributed by atoms with van der Waals surface area (Å²) in [5.74, 6) is -3.53. The maximum atomic E-state index is 13.3. The van der Waals surface area contributed by atoms with Gasteiger partial charge in [-0.15, -0.1) is 0 Å². The van der Waals surface area contributed by atoms with Crippen LogP contribution in [0.3, 0.4) is 0 Å². The number of hydrogen-bond donors (Lipinski definition) is 1. The molecule has 1 aromatic rings. The van der Waals surface area contributed by atoms with Crippen LogP contribution in [0.25, 0.3) is 0 Å². The molecule has 17 heavy (non-hydrogen) atoms. The van der Waals surface area contributed by atoms with E-state index in [4.69, 9.17) is 5.73 Å². The molecule has 0 saturated carbocycles. The third-order valence-corrected chi connectivity index (χ3v) is 1.99. The van der Waals surface area contributed by atoms with Gasteiger partial charge in [-0.2, -0.15) is 13.2 Å². The Hall–Kier alpha value is -1.60. The number of anilines is 2. The quantitative estimate of drug-likeness (QED) is 0.843.